The molecular weight excluding hydrogens is 348 g/mol. The molecule has 0 bridgehead atoms. The van der Waals surface area contributed by atoms with Crippen LogP contribution < -0.4 is 5.32 Å². The fourth-order valence-corrected chi connectivity index (χ4v) is 4.33. The molecule has 0 saturated carbocycles. The lowest BCUT2D eigenvalue weighted by atomic mass is 10.2. The Morgan fingerprint density at radius 1 is 1.04 bits per heavy atom. The molecule has 1 aliphatic heterocycles. The maximum absolute atomic E-state index is 12.5. The van der Waals surface area contributed by atoms with Gasteiger partial charge < -0.3 is 5.32 Å². The minimum atomic E-state index is -3.44. The van der Waals surface area contributed by atoms with Crippen LogP contribution in [-0.2, 0) is 10.0 Å². The van der Waals surface area contributed by atoms with E-state index in [-0.39, 0.29) is 10.8 Å². The Morgan fingerprint density at radius 3 is 2.33 bits per heavy atom. The van der Waals surface area contributed by atoms with Gasteiger partial charge >= 0.3 is 0 Å². The summed E-state index contributed by atoms with van der Waals surface area (Å²) in [6, 6.07) is 12.8. The first-order chi connectivity index (χ1) is 11.5. The smallest absolute Gasteiger partial charge is 0.255 e. The minimum Gasteiger partial charge on any atom is -0.322 e. The number of amides is 1. The van der Waals surface area contributed by atoms with E-state index in [0.717, 1.165) is 12.8 Å². The van der Waals surface area contributed by atoms with E-state index in [1.54, 1.807) is 36.4 Å². The summed E-state index contributed by atoms with van der Waals surface area (Å²) in [7, 11) is -3.44. The van der Waals surface area contributed by atoms with Gasteiger partial charge in [-0.2, -0.15) is 4.31 Å². The van der Waals surface area contributed by atoms with Crippen LogP contribution in [0.4, 0.5) is 5.69 Å². The normalized spacial score (nSPS) is 15.4. The highest BCUT2D eigenvalue weighted by Crippen LogP contribution is 2.22. The van der Waals surface area contributed by atoms with Crippen molar-refractivity contribution in [3.63, 3.8) is 0 Å². The van der Waals surface area contributed by atoms with Crippen LogP contribution in [0.3, 0.4) is 0 Å². The van der Waals surface area contributed by atoms with E-state index in [4.69, 9.17) is 11.6 Å². The number of carbonyl (C=O) groups excluding carboxylic acids is 1. The van der Waals surface area contributed by atoms with Crippen molar-refractivity contribution in [1.29, 1.82) is 0 Å². The molecule has 0 aromatic heterocycles. The summed E-state index contributed by atoms with van der Waals surface area (Å²) in [5.41, 5.74) is 0.969. The number of benzene rings is 2. The predicted octanol–water partition coefficient (Wildman–Crippen LogP) is 3.38. The number of hydrogen-bond donors (Lipinski definition) is 1. The second kappa shape index (κ2) is 6.93. The van der Waals surface area contributed by atoms with E-state index >= 15 is 0 Å². The summed E-state index contributed by atoms with van der Waals surface area (Å²) >= 11 is 5.87. The first-order valence-electron chi connectivity index (χ1n) is 7.64. The molecule has 0 spiro atoms. The van der Waals surface area contributed by atoms with Gasteiger partial charge in [-0.15, -0.1) is 0 Å². The Hall–Kier alpha value is -1.89. The zero-order chi connectivity index (χ0) is 17.2. The van der Waals surface area contributed by atoms with Crippen LogP contribution in [0.1, 0.15) is 23.2 Å². The number of nitrogens with zero attached hydrogens (tertiary/aromatic N) is 1. The fraction of sp³-hybridized carbons (Fsp3) is 0.235. The molecule has 5 nitrogen and oxygen atoms in total. The molecular formula is C17H17ClN2O3S. The lowest BCUT2D eigenvalue weighted by Gasteiger charge is -2.15. The summed E-state index contributed by atoms with van der Waals surface area (Å²) in [4.78, 5) is 12.4. The van der Waals surface area contributed by atoms with E-state index < -0.39 is 10.0 Å². The van der Waals surface area contributed by atoms with Crippen LogP contribution in [0.2, 0.25) is 5.02 Å². The molecule has 1 saturated heterocycles. The monoisotopic (exact) mass is 364 g/mol. The van der Waals surface area contributed by atoms with Gasteiger partial charge in [-0.25, -0.2) is 8.42 Å². The summed E-state index contributed by atoms with van der Waals surface area (Å²) in [5, 5.41) is 3.21. The Bertz CT molecular complexity index is 844. The quantitative estimate of drug-likeness (QED) is 0.904. The summed E-state index contributed by atoms with van der Waals surface area (Å²) in [6.45, 7) is 1.13. The average Bonchev–Trinajstić information content (AvgIpc) is 3.10. The highest BCUT2D eigenvalue weighted by molar-refractivity contribution is 7.89. The SMILES string of the molecule is O=C(Nc1ccc(S(=O)(=O)N2CCCC2)cc1)c1cccc(Cl)c1. The molecule has 7 heteroatoms. The lowest BCUT2D eigenvalue weighted by molar-refractivity contribution is 0.102. The van der Waals surface area contributed by atoms with Crippen molar-refractivity contribution in [2.75, 3.05) is 18.4 Å². The Labute approximate surface area is 146 Å². The molecule has 0 unspecified atom stereocenters. The molecule has 3 rings (SSSR count). The summed E-state index contributed by atoms with van der Waals surface area (Å²) in [6.07, 6.45) is 1.79. The van der Waals surface area contributed by atoms with Crippen molar-refractivity contribution in [1.82, 2.24) is 4.31 Å². The van der Waals surface area contributed by atoms with Crippen molar-refractivity contribution >= 4 is 33.2 Å². The van der Waals surface area contributed by atoms with E-state index in [9.17, 15) is 13.2 Å². The molecule has 126 valence electrons. The van der Waals surface area contributed by atoms with Gasteiger partial charge in [0, 0.05) is 29.4 Å². The largest absolute Gasteiger partial charge is 0.322 e. The number of rotatable bonds is 4. The first-order valence-corrected chi connectivity index (χ1v) is 9.46. The van der Waals surface area contributed by atoms with Gasteiger partial charge in [-0.1, -0.05) is 17.7 Å². The van der Waals surface area contributed by atoms with Gasteiger partial charge in [0.05, 0.1) is 4.90 Å². The topological polar surface area (TPSA) is 66.5 Å². The third-order valence-corrected chi connectivity index (χ3v) is 6.05. The average molecular weight is 365 g/mol. The number of nitrogens with one attached hydrogen (secondary N) is 1. The van der Waals surface area contributed by atoms with Gasteiger partial charge in [0.25, 0.3) is 5.91 Å². The van der Waals surface area contributed by atoms with Crippen LogP contribution in [0.15, 0.2) is 53.4 Å². The second-order valence-electron chi connectivity index (χ2n) is 5.60. The van der Waals surface area contributed by atoms with Crippen LogP contribution in [0, 0.1) is 0 Å². The van der Waals surface area contributed by atoms with Gasteiger partial charge in [0.2, 0.25) is 10.0 Å². The van der Waals surface area contributed by atoms with Crippen molar-refractivity contribution < 1.29 is 13.2 Å². The van der Waals surface area contributed by atoms with Crippen LogP contribution in [0.5, 0.6) is 0 Å². The molecule has 1 amide bonds. The van der Waals surface area contributed by atoms with E-state index in [1.165, 1.54) is 16.4 Å². The van der Waals surface area contributed by atoms with Crippen molar-refractivity contribution in [2.45, 2.75) is 17.7 Å². The number of hydrogen-bond acceptors (Lipinski definition) is 3. The fourth-order valence-electron chi connectivity index (χ4n) is 2.62. The number of halogens is 1. The predicted molar refractivity (Wildman–Crippen MR) is 93.8 cm³/mol. The molecule has 2 aromatic carbocycles. The maximum Gasteiger partial charge on any atom is 0.255 e. The highest BCUT2D eigenvalue weighted by Gasteiger charge is 2.26. The standard InChI is InChI=1S/C17H17ClN2O3S/c18-14-5-3-4-13(12-14)17(21)19-15-6-8-16(9-7-15)24(22,23)20-10-1-2-11-20/h3-9,12H,1-2,10-11H2,(H,19,21). The lowest BCUT2D eigenvalue weighted by Crippen LogP contribution is -2.27. The summed E-state index contributed by atoms with van der Waals surface area (Å²) < 4.78 is 26.4. The summed E-state index contributed by atoms with van der Waals surface area (Å²) in [5.74, 6) is -0.298. The molecule has 1 heterocycles. The van der Waals surface area contributed by atoms with Gasteiger partial charge in [0.1, 0.15) is 0 Å². The number of carbonyl (C=O) groups is 1. The molecule has 0 aliphatic carbocycles. The molecule has 2 aromatic rings. The van der Waals surface area contributed by atoms with E-state index in [1.807, 2.05) is 0 Å². The molecule has 1 N–H and O–H groups in total. The maximum atomic E-state index is 12.5. The number of sulfonamides is 1. The van der Waals surface area contributed by atoms with Crippen LogP contribution in [0.25, 0.3) is 0 Å². The van der Waals surface area contributed by atoms with Gasteiger partial charge in [0.15, 0.2) is 0 Å². The van der Waals surface area contributed by atoms with Gasteiger partial charge in [-0.3, -0.25) is 4.79 Å². The Kier molecular flexibility index (Phi) is 4.89. The van der Waals surface area contributed by atoms with Gasteiger partial charge in [-0.05, 0) is 55.3 Å². The third kappa shape index (κ3) is 3.61. The van der Waals surface area contributed by atoms with Crippen molar-refractivity contribution in [3.8, 4) is 0 Å². The van der Waals surface area contributed by atoms with Crippen LogP contribution in [-0.4, -0.2) is 31.7 Å². The molecule has 0 radical (unpaired) electrons. The minimum absolute atomic E-state index is 0.241. The zero-order valence-corrected chi connectivity index (χ0v) is 14.5. The molecule has 24 heavy (non-hydrogen) atoms. The Morgan fingerprint density at radius 2 is 1.71 bits per heavy atom. The van der Waals surface area contributed by atoms with Crippen molar-refractivity contribution in [2.24, 2.45) is 0 Å². The second-order valence-corrected chi connectivity index (χ2v) is 7.97. The van der Waals surface area contributed by atoms with Crippen molar-refractivity contribution in [3.05, 3.63) is 59.1 Å². The first kappa shape index (κ1) is 17.0. The highest BCUT2D eigenvalue weighted by atomic mass is 35.5. The molecule has 1 fully saturated rings. The van der Waals surface area contributed by atoms with E-state index in [2.05, 4.69) is 5.32 Å². The zero-order valence-electron chi connectivity index (χ0n) is 12.9. The number of anilines is 1. The van der Waals surface area contributed by atoms with Crippen LogP contribution >= 0.6 is 11.6 Å². The molecule has 1 aliphatic rings. The Balaban J connectivity index is 1.74. The molecule has 0 atom stereocenters. The third-order valence-electron chi connectivity index (χ3n) is 3.90. The van der Waals surface area contributed by atoms with E-state index in [0.29, 0.717) is 29.4 Å².